The smallest absolute Gasteiger partial charge is 0.0468 e. The fourth-order valence-electron chi connectivity index (χ4n) is 10.7. The lowest BCUT2D eigenvalue weighted by molar-refractivity contribution is 1.29. The highest BCUT2D eigenvalue weighted by atomic mass is 32.1. The summed E-state index contributed by atoms with van der Waals surface area (Å²) in [7, 11) is 0. The summed E-state index contributed by atoms with van der Waals surface area (Å²) in [5, 5.41) is 12.9. The summed E-state index contributed by atoms with van der Waals surface area (Å²) in [5.74, 6) is 0. The predicted molar refractivity (Wildman–Crippen MR) is 301 cm³/mol. The Labute approximate surface area is 408 Å². The minimum Gasteiger partial charge on any atom is -0.310 e. The van der Waals surface area contributed by atoms with Crippen LogP contribution in [0, 0.1) is 0 Å². The van der Waals surface area contributed by atoms with Gasteiger partial charge in [0.25, 0.3) is 0 Å². The van der Waals surface area contributed by atoms with Gasteiger partial charge in [0.05, 0.1) is 0 Å². The van der Waals surface area contributed by atoms with Crippen LogP contribution < -0.4 is 4.90 Å². The van der Waals surface area contributed by atoms with E-state index in [1.165, 1.54) is 117 Å². The fourth-order valence-corrected chi connectivity index (χ4v) is 13.2. The molecule has 12 aromatic carbocycles. The van der Waals surface area contributed by atoms with Crippen molar-refractivity contribution in [2.45, 2.75) is 0 Å². The Balaban J connectivity index is 0.828. The zero-order valence-electron chi connectivity index (χ0n) is 37.4. The van der Waals surface area contributed by atoms with E-state index >= 15 is 0 Å². The third-order valence-electron chi connectivity index (χ3n) is 14.1. The van der Waals surface area contributed by atoms with E-state index in [0.717, 1.165) is 17.1 Å². The molecule has 2 heterocycles. The van der Waals surface area contributed by atoms with E-state index in [-0.39, 0.29) is 0 Å². The molecule has 0 radical (unpaired) electrons. The average molecular weight is 912 g/mol. The molecule has 322 valence electrons. The van der Waals surface area contributed by atoms with Gasteiger partial charge in [-0.3, -0.25) is 0 Å². The third kappa shape index (κ3) is 6.65. The molecular formula is C66H41NS2. The molecule has 0 aliphatic rings. The highest BCUT2D eigenvalue weighted by Crippen LogP contribution is 2.44. The highest BCUT2D eigenvalue weighted by molar-refractivity contribution is 7.26. The fraction of sp³-hybridized carbons (Fsp3) is 0. The third-order valence-corrected chi connectivity index (χ3v) is 16.5. The number of fused-ring (bicyclic) bond motifs is 12. The summed E-state index contributed by atoms with van der Waals surface area (Å²) >= 11 is 3.76. The van der Waals surface area contributed by atoms with Crippen LogP contribution in [0.3, 0.4) is 0 Å². The van der Waals surface area contributed by atoms with E-state index in [2.05, 4.69) is 254 Å². The van der Waals surface area contributed by atoms with Gasteiger partial charge in [0.1, 0.15) is 0 Å². The summed E-state index contributed by atoms with van der Waals surface area (Å²) in [5.41, 5.74) is 13.1. The van der Waals surface area contributed by atoms with E-state index in [1.807, 2.05) is 22.7 Å². The van der Waals surface area contributed by atoms with Crippen LogP contribution in [-0.2, 0) is 0 Å². The molecular weight excluding hydrogens is 871 g/mol. The van der Waals surface area contributed by atoms with E-state index in [9.17, 15) is 0 Å². The lowest BCUT2D eigenvalue weighted by Gasteiger charge is -2.27. The van der Waals surface area contributed by atoms with Gasteiger partial charge in [-0.2, -0.15) is 0 Å². The SMILES string of the molecule is c1ccc2c(c1)sc1c(-c3ccc(-c4ccc(N(c5ccc(-c6ccc(-c7cccc8c7sc7ccccc78)cc6)cc5)c5ccc6c7ccccc7c7ccccc7c6c5)cc4)cc3)cccc12. The maximum Gasteiger partial charge on any atom is 0.0468 e. The van der Waals surface area contributed by atoms with Gasteiger partial charge in [0.15, 0.2) is 0 Å². The zero-order valence-corrected chi connectivity index (χ0v) is 39.1. The Morgan fingerprint density at radius 3 is 0.971 bits per heavy atom. The average Bonchev–Trinajstić information content (AvgIpc) is 4.01. The molecule has 69 heavy (non-hydrogen) atoms. The molecule has 14 rings (SSSR count). The minimum absolute atomic E-state index is 1.10. The number of thiophene rings is 2. The molecule has 3 heteroatoms. The molecule has 0 fully saturated rings. The van der Waals surface area contributed by atoms with Crippen molar-refractivity contribution in [1.29, 1.82) is 0 Å². The topological polar surface area (TPSA) is 3.24 Å². The van der Waals surface area contributed by atoms with Crippen LogP contribution in [0.4, 0.5) is 17.1 Å². The maximum absolute atomic E-state index is 2.40. The Hall–Kier alpha value is -8.34. The number of hydrogen-bond acceptors (Lipinski definition) is 3. The van der Waals surface area contributed by atoms with Crippen LogP contribution in [0.2, 0.25) is 0 Å². The van der Waals surface area contributed by atoms with Crippen molar-refractivity contribution in [2.75, 3.05) is 4.90 Å². The van der Waals surface area contributed by atoms with Crippen LogP contribution in [0.25, 0.3) is 117 Å². The molecule has 0 saturated heterocycles. The van der Waals surface area contributed by atoms with Crippen molar-refractivity contribution >= 4 is 112 Å². The lowest BCUT2D eigenvalue weighted by atomic mass is 9.94. The van der Waals surface area contributed by atoms with Crippen molar-refractivity contribution in [3.63, 3.8) is 0 Å². The summed E-state index contributed by atoms with van der Waals surface area (Å²) in [6, 6.07) is 91.8. The quantitative estimate of drug-likeness (QED) is 0.144. The van der Waals surface area contributed by atoms with E-state index < -0.39 is 0 Å². The van der Waals surface area contributed by atoms with Crippen LogP contribution in [0.1, 0.15) is 0 Å². The van der Waals surface area contributed by atoms with Gasteiger partial charge >= 0.3 is 0 Å². The van der Waals surface area contributed by atoms with E-state index in [0.29, 0.717) is 0 Å². The number of hydrogen-bond donors (Lipinski definition) is 0. The summed E-state index contributed by atoms with van der Waals surface area (Å²) in [6.07, 6.45) is 0. The molecule has 0 amide bonds. The van der Waals surface area contributed by atoms with Crippen molar-refractivity contribution in [1.82, 2.24) is 0 Å². The van der Waals surface area contributed by atoms with Gasteiger partial charge < -0.3 is 4.90 Å². The lowest BCUT2D eigenvalue weighted by Crippen LogP contribution is -2.10. The summed E-state index contributed by atoms with van der Waals surface area (Å²) in [4.78, 5) is 2.40. The van der Waals surface area contributed by atoms with Gasteiger partial charge in [-0.05, 0) is 125 Å². The molecule has 0 spiro atoms. The molecule has 0 N–H and O–H groups in total. The van der Waals surface area contributed by atoms with Crippen LogP contribution in [0.15, 0.2) is 249 Å². The number of anilines is 3. The summed E-state index contributed by atoms with van der Waals surface area (Å²) in [6.45, 7) is 0. The largest absolute Gasteiger partial charge is 0.310 e. The summed E-state index contributed by atoms with van der Waals surface area (Å²) < 4.78 is 5.34. The molecule has 0 atom stereocenters. The van der Waals surface area contributed by atoms with Crippen molar-refractivity contribution in [2.24, 2.45) is 0 Å². The molecule has 0 aliphatic heterocycles. The normalized spacial score (nSPS) is 11.8. The van der Waals surface area contributed by atoms with Crippen molar-refractivity contribution in [3.05, 3.63) is 249 Å². The zero-order chi connectivity index (χ0) is 45.4. The van der Waals surface area contributed by atoms with E-state index in [4.69, 9.17) is 0 Å². The standard InChI is InChI=1S/C66H41NS2/c1-2-13-55-53(11-1)54-12-3-4-14-56(54)62-41-50(39-40-57(55)62)67(48-35-31-44(32-36-48)42-23-27-46(28-24-42)51-17-9-19-60-58-15-5-7-21-63(58)68-65(51)60)49-37-33-45(34-38-49)43-25-29-47(30-26-43)52-18-10-20-61-59-16-6-8-22-64(59)69-66(52)61/h1-41H. The molecule has 1 nitrogen and oxygen atoms in total. The first-order valence-corrected chi connectivity index (χ1v) is 25.2. The second-order valence-corrected chi connectivity index (χ2v) is 20.1. The second kappa shape index (κ2) is 16.2. The predicted octanol–water partition coefficient (Wildman–Crippen LogP) is 20.0. The molecule has 0 bridgehead atoms. The monoisotopic (exact) mass is 911 g/mol. The first kappa shape index (κ1) is 39.8. The number of nitrogens with zero attached hydrogens (tertiary/aromatic N) is 1. The highest BCUT2D eigenvalue weighted by Gasteiger charge is 2.18. The van der Waals surface area contributed by atoms with Gasteiger partial charge in [-0.15, -0.1) is 22.7 Å². The van der Waals surface area contributed by atoms with Crippen molar-refractivity contribution in [3.8, 4) is 44.5 Å². The van der Waals surface area contributed by atoms with Crippen LogP contribution >= 0.6 is 22.7 Å². The van der Waals surface area contributed by atoms with Crippen molar-refractivity contribution < 1.29 is 0 Å². The first-order chi connectivity index (χ1) is 34.2. The minimum atomic E-state index is 1.10. The molecule has 14 aromatic rings. The second-order valence-electron chi connectivity index (χ2n) is 18.0. The molecule has 0 saturated carbocycles. The van der Waals surface area contributed by atoms with Crippen LogP contribution in [0.5, 0.6) is 0 Å². The Morgan fingerprint density at radius 1 is 0.217 bits per heavy atom. The van der Waals surface area contributed by atoms with Gasteiger partial charge in [-0.1, -0.05) is 200 Å². The van der Waals surface area contributed by atoms with Gasteiger partial charge in [-0.25, -0.2) is 0 Å². The Morgan fingerprint density at radius 2 is 0.536 bits per heavy atom. The van der Waals surface area contributed by atoms with E-state index in [1.54, 1.807) is 0 Å². The molecule has 0 aliphatic carbocycles. The Kier molecular flexibility index (Phi) is 9.33. The molecule has 0 unspecified atom stereocenters. The number of rotatable bonds is 7. The maximum atomic E-state index is 2.40. The Bertz CT molecular complexity index is 4040. The first-order valence-electron chi connectivity index (χ1n) is 23.6. The van der Waals surface area contributed by atoms with Gasteiger partial charge in [0.2, 0.25) is 0 Å². The van der Waals surface area contributed by atoms with Crippen LogP contribution in [-0.4, -0.2) is 0 Å². The number of benzene rings is 12. The van der Waals surface area contributed by atoms with Gasteiger partial charge in [0, 0.05) is 57.4 Å². The molecule has 2 aromatic heterocycles.